The summed E-state index contributed by atoms with van der Waals surface area (Å²) in [5.41, 5.74) is 1.84. The van der Waals surface area contributed by atoms with Crippen molar-refractivity contribution in [2.24, 2.45) is 5.41 Å². The van der Waals surface area contributed by atoms with Crippen LogP contribution in [0.2, 0.25) is 0 Å². The molecule has 0 aromatic heterocycles. The molecular formula is C25H41NO5. The number of benzene rings is 1. The maximum Gasteiger partial charge on any atom is 0.407 e. The molecule has 31 heavy (non-hydrogen) atoms. The van der Waals surface area contributed by atoms with Crippen molar-refractivity contribution < 1.29 is 24.1 Å². The highest BCUT2D eigenvalue weighted by molar-refractivity contribution is 5.68. The predicted molar refractivity (Wildman–Crippen MR) is 122 cm³/mol. The van der Waals surface area contributed by atoms with Crippen LogP contribution >= 0.6 is 0 Å². The Morgan fingerprint density at radius 1 is 1.10 bits per heavy atom. The molecule has 2 rings (SSSR count). The van der Waals surface area contributed by atoms with Crippen LogP contribution in [-0.2, 0) is 19.6 Å². The minimum Gasteiger partial charge on any atom is -0.444 e. The number of carbonyl (C=O) groups is 1. The molecule has 0 spiro atoms. The molecule has 1 amide bonds. The topological polar surface area (TPSA) is 77.0 Å². The largest absolute Gasteiger partial charge is 0.444 e. The highest BCUT2D eigenvalue weighted by Crippen LogP contribution is 2.37. The minimum atomic E-state index is -0.941. The maximum absolute atomic E-state index is 12.5. The lowest BCUT2D eigenvalue weighted by Crippen LogP contribution is -2.44. The highest BCUT2D eigenvalue weighted by atomic mass is 16.7. The lowest BCUT2D eigenvalue weighted by molar-refractivity contribution is -0.0466. The number of aliphatic hydroxyl groups excluding tert-OH is 1. The monoisotopic (exact) mass is 435 g/mol. The Balaban J connectivity index is 2.41. The van der Waals surface area contributed by atoms with Crippen LogP contribution in [0.1, 0.15) is 97.8 Å². The van der Waals surface area contributed by atoms with Crippen LogP contribution in [0.4, 0.5) is 4.79 Å². The molecule has 6 heteroatoms. The quantitative estimate of drug-likeness (QED) is 0.648. The van der Waals surface area contributed by atoms with Gasteiger partial charge in [-0.25, -0.2) is 4.79 Å². The van der Waals surface area contributed by atoms with E-state index in [0.717, 1.165) is 11.1 Å². The summed E-state index contributed by atoms with van der Waals surface area (Å²) in [6.45, 7) is 19.2. The summed E-state index contributed by atoms with van der Waals surface area (Å²) >= 11 is 0. The summed E-state index contributed by atoms with van der Waals surface area (Å²) < 4.78 is 17.0. The molecule has 0 aliphatic carbocycles. The van der Waals surface area contributed by atoms with E-state index in [1.54, 1.807) is 0 Å². The SMILES string of the molecule is CC(C)(C)CC(NC(=O)OC(C)(C)C)C(O)c1ccc(C(C)(C)C)cc1C1OCCO1. The van der Waals surface area contributed by atoms with Gasteiger partial charge in [-0.05, 0) is 55.2 Å². The molecule has 1 heterocycles. The summed E-state index contributed by atoms with van der Waals surface area (Å²) in [5.74, 6) is 0. The number of alkyl carbamates (subject to hydrolysis) is 1. The third-order valence-electron chi connectivity index (χ3n) is 5.06. The van der Waals surface area contributed by atoms with Gasteiger partial charge in [0.05, 0.1) is 25.4 Å². The summed E-state index contributed by atoms with van der Waals surface area (Å²) in [6.07, 6.45) is -1.44. The fourth-order valence-corrected chi connectivity index (χ4v) is 3.63. The smallest absolute Gasteiger partial charge is 0.407 e. The first kappa shape index (κ1) is 25.6. The number of ether oxygens (including phenoxy) is 3. The normalized spacial score (nSPS) is 18.0. The Bertz CT molecular complexity index is 749. The van der Waals surface area contributed by atoms with Crippen LogP contribution in [0.15, 0.2) is 18.2 Å². The van der Waals surface area contributed by atoms with E-state index in [-0.39, 0.29) is 10.8 Å². The zero-order valence-corrected chi connectivity index (χ0v) is 20.7. The van der Waals surface area contributed by atoms with Crippen LogP contribution in [0, 0.1) is 5.41 Å². The summed E-state index contributed by atoms with van der Waals surface area (Å²) in [7, 11) is 0. The Kier molecular flexibility index (Phi) is 7.83. The molecule has 1 fully saturated rings. The average molecular weight is 436 g/mol. The Morgan fingerprint density at radius 3 is 2.16 bits per heavy atom. The second kappa shape index (κ2) is 9.47. The fourth-order valence-electron chi connectivity index (χ4n) is 3.63. The number of hydrogen-bond acceptors (Lipinski definition) is 5. The average Bonchev–Trinajstić information content (AvgIpc) is 3.10. The van der Waals surface area contributed by atoms with Gasteiger partial charge in [0.2, 0.25) is 0 Å². The van der Waals surface area contributed by atoms with Gasteiger partial charge in [-0.3, -0.25) is 0 Å². The van der Waals surface area contributed by atoms with E-state index in [1.807, 2.05) is 32.9 Å². The molecule has 176 valence electrons. The van der Waals surface area contributed by atoms with Crippen molar-refractivity contribution in [2.75, 3.05) is 13.2 Å². The third-order valence-corrected chi connectivity index (χ3v) is 5.06. The molecule has 1 aliphatic rings. The molecule has 0 radical (unpaired) electrons. The number of nitrogens with one attached hydrogen (secondary N) is 1. The highest BCUT2D eigenvalue weighted by Gasteiger charge is 2.33. The molecule has 1 aliphatic heterocycles. The van der Waals surface area contributed by atoms with Gasteiger partial charge >= 0.3 is 6.09 Å². The Morgan fingerprint density at radius 2 is 1.68 bits per heavy atom. The minimum absolute atomic E-state index is 0.0591. The maximum atomic E-state index is 12.5. The van der Waals surface area contributed by atoms with E-state index < -0.39 is 30.1 Å². The van der Waals surface area contributed by atoms with Gasteiger partial charge in [0.15, 0.2) is 6.29 Å². The van der Waals surface area contributed by atoms with Crippen molar-refractivity contribution in [3.63, 3.8) is 0 Å². The first-order valence-electron chi connectivity index (χ1n) is 11.1. The third kappa shape index (κ3) is 7.78. The van der Waals surface area contributed by atoms with Crippen LogP contribution in [0.5, 0.6) is 0 Å². The molecule has 0 bridgehead atoms. The van der Waals surface area contributed by atoms with Crippen LogP contribution in [0.25, 0.3) is 0 Å². The number of aliphatic hydroxyl groups is 1. The molecular weight excluding hydrogens is 394 g/mol. The van der Waals surface area contributed by atoms with Crippen LogP contribution in [-0.4, -0.2) is 36.1 Å². The Labute approximate surface area is 187 Å². The van der Waals surface area contributed by atoms with Crippen LogP contribution < -0.4 is 5.32 Å². The molecule has 2 N–H and O–H groups in total. The van der Waals surface area contributed by atoms with E-state index in [4.69, 9.17) is 14.2 Å². The van der Waals surface area contributed by atoms with Gasteiger partial charge in [0.1, 0.15) is 5.60 Å². The molecule has 1 saturated heterocycles. The zero-order chi connectivity index (χ0) is 23.6. The van der Waals surface area contributed by atoms with Crippen molar-refractivity contribution >= 4 is 6.09 Å². The predicted octanol–water partition coefficient (Wildman–Crippen LogP) is 5.39. The van der Waals surface area contributed by atoms with Crippen molar-refractivity contribution in [3.05, 3.63) is 34.9 Å². The van der Waals surface area contributed by atoms with E-state index >= 15 is 0 Å². The van der Waals surface area contributed by atoms with Crippen molar-refractivity contribution in [3.8, 4) is 0 Å². The van der Waals surface area contributed by atoms with Gasteiger partial charge in [-0.15, -0.1) is 0 Å². The van der Waals surface area contributed by atoms with Crippen molar-refractivity contribution in [2.45, 2.75) is 98.2 Å². The van der Waals surface area contributed by atoms with Crippen molar-refractivity contribution in [1.29, 1.82) is 0 Å². The molecule has 2 atom stereocenters. The van der Waals surface area contributed by atoms with Gasteiger partial charge in [0.25, 0.3) is 0 Å². The first-order chi connectivity index (χ1) is 14.1. The van der Waals surface area contributed by atoms with Gasteiger partial charge in [0, 0.05) is 5.56 Å². The molecule has 0 saturated carbocycles. The number of carbonyl (C=O) groups excluding carboxylic acids is 1. The van der Waals surface area contributed by atoms with E-state index in [2.05, 4.69) is 52.9 Å². The molecule has 6 nitrogen and oxygen atoms in total. The summed E-state index contributed by atoms with van der Waals surface area (Å²) in [5, 5.41) is 14.3. The summed E-state index contributed by atoms with van der Waals surface area (Å²) in [6, 6.07) is 5.47. The zero-order valence-electron chi connectivity index (χ0n) is 20.7. The second-order valence-corrected chi connectivity index (χ2v) is 11.6. The van der Waals surface area contributed by atoms with E-state index in [0.29, 0.717) is 25.2 Å². The van der Waals surface area contributed by atoms with Crippen LogP contribution in [0.3, 0.4) is 0 Å². The van der Waals surface area contributed by atoms with Gasteiger partial charge in [-0.1, -0.05) is 53.7 Å². The van der Waals surface area contributed by atoms with E-state index in [9.17, 15) is 9.90 Å². The summed E-state index contributed by atoms with van der Waals surface area (Å²) in [4.78, 5) is 12.5. The molecule has 1 aromatic rings. The number of amides is 1. The Hall–Kier alpha value is -1.63. The fraction of sp³-hybridized carbons (Fsp3) is 0.720. The number of hydrogen-bond donors (Lipinski definition) is 2. The van der Waals surface area contributed by atoms with Crippen molar-refractivity contribution in [1.82, 2.24) is 5.32 Å². The second-order valence-electron chi connectivity index (χ2n) is 11.6. The number of rotatable bonds is 5. The molecule has 1 aromatic carbocycles. The lowest BCUT2D eigenvalue weighted by Gasteiger charge is -2.33. The lowest BCUT2D eigenvalue weighted by atomic mass is 9.81. The standard InChI is InChI=1S/C25H41NO5/c1-23(2,3)15-19(26-22(28)31-25(7,8)9)20(27)17-11-10-16(24(4,5)6)14-18(17)21-29-12-13-30-21/h10-11,14,19-21,27H,12-13,15H2,1-9H3,(H,26,28). The van der Waals surface area contributed by atoms with E-state index in [1.165, 1.54) is 0 Å². The molecule has 2 unspecified atom stereocenters. The first-order valence-corrected chi connectivity index (χ1v) is 11.1. The van der Waals surface area contributed by atoms with Gasteiger partial charge in [-0.2, -0.15) is 0 Å². The van der Waals surface area contributed by atoms with Gasteiger partial charge < -0.3 is 24.6 Å².